The molecule has 1 unspecified atom stereocenters. The second-order valence-corrected chi connectivity index (χ2v) is 6.68. The second kappa shape index (κ2) is 17.1. The first-order valence-electron chi connectivity index (χ1n) is 10.2. The van der Waals surface area contributed by atoms with Crippen LogP contribution in [-0.2, 0) is 4.79 Å². The Morgan fingerprint density at radius 3 is 1.82 bits per heavy atom. The van der Waals surface area contributed by atoms with E-state index in [0.717, 1.165) is 19.3 Å². The van der Waals surface area contributed by atoms with Gasteiger partial charge in [-0.15, -0.1) is 0 Å². The zero-order chi connectivity index (χ0) is 21.1. The van der Waals surface area contributed by atoms with Crippen molar-refractivity contribution in [2.75, 3.05) is 6.54 Å². The number of hydrogen-bond donors (Lipinski definition) is 2. The van der Waals surface area contributed by atoms with Crippen LogP contribution in [0, 0.1) is 10.1 Å². The third-order valence-electron chi connectivity index (χ3n) is 4.27. The van der Waals surface area contributed by atoms with Crippen LogP contribution >= 0.6 is 0 Å². The average Bonchev–Trinajstić information content (AvgIpc) is 2.69. The van der Waals surface area contributed by atoms with Gasteiger partial charge in [-0.3, -0.25) is 14.9 Å². The number of ketones is 1. The second-order valence-electron chi connectivity index (χ2n) is 6.68. The normalized spacial score (nSPS) is 14.5. The first-order valence-corrected chi connectivity index (χ1v) is 10.2. The summed E-state index contributed by atoms with van der Waals surface area (Å²) in [6.45, 7) is 1.51. The van der Waals surface area contributed by atoms with Crippen LogP contribution in [0.15, 0.2) is 48.6 Å². The third-order valence-corrected chi connectivity index (χ3v) is 4.27. The molecule has 158 valence electrons. The van der Waals surface area contributed by atoms with Crippen LogP contribution in [0.5, 0.6) is 0 Å². The zero-order valence-corrected chi connectivity index (χ0v) is 17.1. The summed E-state index contributed by atoms with van der Waals surface area (Å²) in [5.74, 6) is -0.837. The molecule has 0 rings (SSSR count). The van der Waals surface area contributed by atoms with E-state index >= 15 is 0 Å². The van der Waals surface area contributed by atoms with Crippen LogP contribution < -0.4 is 5.73 Å². The number of aliphatic hydroxyl groups is 1. The van der Waals surface area contributed by atoms with E-state index in [2.05, 4.69) is 43.4 Å². The lowest BCUT2D eigenvalue weighted by molar-refractivity contribution is -0.600. The summed E-state index contributed by atoms with van der Waals surface area (Å²) in [7, 11) is 0. The molecule has 0 saturated carbocycles. The molecule has 6 nitrogen and oxygen atoms in total. The van der Waals surface area contributed by atoms with Gasteiger partial charge in [-0.2, -0.15) is 0 Å². The minimum absolute atomic E-state index is 0.0628. The molecule has 0 aliphatic rings. The molecule has 0 spiro atoms. The van der Waals surface area contributed by atoms with Gasteiger partial charge >= 0.3 is 5.72 Å². The Bertz CT molecular complexity index is 553. The number of unbranched alkanes of at least 4 members (excludes halogenated alkanes) is 4. The van der Waals surface area contributed by atoms with Crippen molar-refractivity contribution in [1.29, 1.82) is 0 Å². The Balaban J connectivity index is 3.75. The SMILES string of the molecule is CCCCC/C=C\C/C=C\C/C=C\C/C=C\CCCC(=O)C(O)(CN)[N+](=O)[O-]. The van der Waals surface area contributed by atoms with E-state index in [1.807, 2.05) is 12.2 Å². The molecule has 0 saturated heterocycles. The molecule has 28 heavy (non-hydrogen) atoms. The summed E-state index contributed by atoms with van der Waals surface area (Å²) in [5.41, 5.74) is 2.48. The molecule has 0 amide bonds. The standard InChI is InChI=1S/C22H36N2O4/c1-2-3-4-5-6-7-8-9-10-11-12-13-14-15-16-17-18-19-21(25)22(26,20-23)24(27)28/h6-7,9-10,12-13,15-16,26H,2-5,8,11,14,17-20,23H2,1H3/b7-6-,10-9-,13-12-,16-15-. The molecule has 3 N–H and O–H groups in total. The molecule has 1 atom stereocenters. The number of allylic oxidation sites excluding steroid dienone is 8. The zero-order valence-electron chi connectivity index (χ0n) is 17.1. The van der Waals surface area contributed by atoms with Gasteiger partial charge in [-0.05, 0) is 44.9 Å². The molecule has 6 heteroatoms. The molecule has 0 bridgehead atoms. The summed E-state index contributed by atoms with van der Waals surface area (Å²) < 4.78 is 0. The van der Waals surface area contributed by atoms with Crippen molar-refractivity contribution in [2.45, 2.75) is 76.9 Å². The van der Waals surface area contributed by atoms with E-state index in [1.165, 1.54) is 25.7 Å². The predicted octanol–water partition coefficient (Wildman–Crippen LogP) is 4.63. The Hall–Kier alpha value is -2.05. The molecule has 0 aromatic heterocycles. The van der Waals surface area contributed by atoms with Crippen molar-refractivity contribution >= 4 is 5.78 Å². The third kappa shape index (κ3) is 12.4. The number of rotatable bonds is 17. The first kappa shape index (κ1) is 26.0. The van der Waals surface area contributed by atoms with Crippen LogP contribution in [0.3, 0.4) is 0 Å². The highest BCUT2D eigenvalue weighted by Gasteiger charge is 2.46. The van der Waals surface area contributed by atoms with Crippen LogP contribution in [-0.4, -0.2) is 28.1 Å². The van der Waals surface area contributed by atoms with Gasteiger partial charge in [-0.1, -0.05) is 68.4 Å². The van der Waals surface area contributed by atoms with Gasteiger partial charge in [0, 0.05) is 6.42 Å². The minimum Gasteiger partial charge on any atom is -0.323 e. The molecule has 0 fully saturated rings. The van der Waals surface area contributed by atoms with E-state index < -0.39 is 23.0 Å². The van der Waals surface area contributed by atoms with E-state index in [1.54, 1.807) is 0 Å². The van der Waals surface area contributed by atoms with Crippen molar-refractivity contribution < 1.29 is 14.8 Å². The maximum atomic E-state index is 11.7. The lowest BCUT2D eigenvalue weighted by atomic mass is 10.0. The highest BCUT2D eigenvalue weighted by Crippen LogP contribution is 2.11. The van der Waals surface area contributed by atoms with Gasteiger partial charge in [0.25, 0.3) is 0 Å². The van der Waals surface area contributed by atoms with Gasteiger partial charge in [0.05, 0.1) is 11.5 Å². The van der Waals surface area contributed by atoms with E-state index in [-0.39, 0.29) is 6.42 Å². The van der Waals surface area contributed by atoms with Crippen LogP contribution in [0.2, 0.25) is 0 Å². The maximum absolute atomic E-state index is 11.7. The smallest absolute Gasteiger partial charge is 0.323 e. The summed E-state index contributed by atoms with van der Waals surface area (Å²) in [6, 6.07) is 0. The average molecular weight is 393 g/mol. The number of nitrogens with zero attached hydrogens (tertiary/aromatic N) is 1. The highest BCUT2D eigenvalue weighted by molar-refractivity contribution is 5.85. The van der Waals surface area contributed by atoms with Crippen LogP contribution in [0.1, 0.15) is 71.1 Å². The molecular formula is C22H36N2O4. The Labute approximate surface area is 169 Å². The van der Waals surface area contributed by atoms with Crippen LogP contribution in [0.4, 0.5) is 0 Å². The summed E-state index contributed by atoms with van der Waals surface area (Å²) in [6.07, 6.45) is 25.6. The fourth-order valence-electron chi connectivity index (χ4n) is 2.43. The molecule has 0 aromatic rings. The van der Waals surface area contributed by atoms with Crippen molar-refractivity contribution in [2.24, 2.45) is 5.73 Å². The maximum Gasteiger partial charge on any atom is 0.393 e. The Morgan fingerprint density at radius 2 is 1.39 bits per heavy atom. The summed E-state index contributed by atoms with van der Waals surface area (Å²) in [4.78, 5) is 21.4. The lowest BCUT2D eigenvalue weighted by Crippen LogP contribution is -2.52. The van der Waals surface area contributed by atoms with E-state index in [0.29, 0.717) is 12.8 Å². The number of hydrogen-bond acceptors (Lipinski definition) is 5. The fraction of sp³-hybridized carbons (Fsp3) is 0.591. The number of carbonyl (C=O) groups is 1. The molecule has 0 aliphatic heterocycles. The van der Waals surface area contributed by atoms with Gasteiger partial charge < -0.3 is 10.8 Å². The van der Waals surface area contributed by atoms with Crippen LogP contribution in [0.25, 0.3) is 0 Å². The molecule has 0 aliphatic carbocycles. The summed E-state index contributed by atoms with van der Waals surface area (Å²) in [5, 5.41) is 20.3. The Kier molecular flexibility index (Phi) is 15.8. The van der Waals surface area contributed by atoms with E-state index in [9.17, 15) is 20.0 Å². The molecule has 0 radical (unpaired) electrons. The number of nitrogens with two attached hydrogens (primary N) is 1. The number of nitro groups is 1. The predicted molar refractivity (Wildman–Crippen MR) is 114 cm³/mol. The van der Waals surface area contributed by atoms with Gasteiger partial charge in [0.1, 0.15) is 0 Å². The molecular weight excluding hydrogens is 356 g/mol. The van der Waals surface area contributed by atoms with Gasteiger partial charge in [0.15, 0.2) is 0 Å². The highest BCUT2D eigenvalue weighted by atomic mass is 16.7. The Morgan fingerprint density at radius 1 is 0.929 bits per heavy atom. The van der Waals surface area contributed by atoms with Crippen molar-refractivity contribution in [3.8, 4) is 0 Å². The number of carbonyl (C=O) groups excluding carboxylic acids is 1. The largest absolute Gasteiger partial charge is 0.393 e. The minimum atomic E-state index is -2.65. The monoisotopic (exact) mass is 392 g/mol. The molecule has 0 heterocycles. The quantitative estimate of drug-likeness (QED) is 0.123. The fourth-order valence-corrected chi connectivity index (χ4v) is 2.43. The van der Waals surface area contributed by atoms with Crippen molar-refractivity contribution in [1.82, 2.24) is 0 Å². The van der Waals surface area contributed by atoms with Gasteiger partial charge in [0.2, 0.25) is 5.78 Å². The van der Waals surface area contributed by atoms with E-state index in [4.69, 9.17) is 5.73 Å². The summed E-state index contributed by atoms with van der Waals surface area (Å²) >= 11 is 0. The molecule has 0 aromatic carbocycles. The topological polar surface area (TPSA) is 106 Å². The van der Waals surface area contributed by atoms with Crippen molar-refractivity contribution in [3.05, 3.63) is 58.7 Å². The number of Topliss-reactive ketones (excluding diaryl/α,β-unsaturated/α-hetero) is 1. The van der Waals surface area contributed by atoms with Gasteiger partial charge in [-0.25, -0.2) is 0 Å². The van der Waals surface area contributed by atoms with Crippen molar-refractivity contribution in [3.63, 3.8) is 0 Å². The first-order chi connectivity index (χ1) is 13.5. The lowest BCUT2D eigenvalue weighted by Gasteiger charge is -2.15.